The van der Waals surface area contributed by atoms with Crippen molar-refractivity contribution >= 4 is 15.2 Å². The maximum Gasteiger partial charge on any atom is 0.342 e. The molecule has 0 atom stereocenters. The van der Waals surface area contributed by atoms with Gasteiger partial charge in [-0.1, -0.05) is 13.8 Å². The lowest BCUT2D eigenvalue weighted by molar-refractivity contribution is 0.204. The number of hydrogen-bond donors (Lipinski definition) is 0. The van der Waals surface area contributed by atoms with E-state index in [1.165, 1.54) is 14.2 Å². The minimum atomic E-state index is -3.42. The Morgan fingerprint density at radius 2 is 1.24 bits per heavy atom. The van der Waals surface area contributed by atoms with Crippen LogP contribution in [0.15, 0.2) is 0 Å². The lowest BCUT2D eigenvalue weighted by Crippen LogP contribution is -2.04. The maximum absolute atomic E-state index is 12.3. The van der Waals surface area contributed by atoms with Crippen molar-refractivity contribution in [2.45, 2.75) is 26.7 Å². The first kappa shape index (κ1) is 17.3. The largest absolute Gasteiger partial charge is 0.342 e. The van der Waals surface area contributed by atoms with Gasteiger partial charge < -0.3 is 18.1 Å². The van der Waals surface area contributed by atoms with Crippen LogP contribution in [-0.2, 0) is 27.2 Å². The summed E-state index contributed by atoms with van der Waals surface area (Å²) < 4.78 is 44.1. The molecule has 104 valence electrons. The number of rotatable bonds is 10. The Labute approximate surface area is 103 Å². The Kier molecular flexibility index (Phi) is 8.56. The van der Waals surface area contributed by atoms with E-state index in [2.05, 4.69) is 0 Å². The second-order valence-electron chi connectivity index (χ2n) is 3.39. The van der Waals surface area contributed by atoms with Gasteiger partial charge in [0.1, 0.15) is 0 Å². The molecule has 0 heterocycles. The van der Waals surface area contributed by atoms with Crippen molar-refractivity contribution in [3.05, 3.63) is 0 Å². The fourth-order valence-corrected chi connectivity index (χ4v) is 5.40. The molecule has 0 aromatic rings. The zero-order chi connectivity index (χ0) is 13.4. The molecule has 0 spiro atoms. The van der Waals surface area contributed by atoms with E-state index in [-0.39, 0.29) is 19.1 Å². The summed E-state index contributed by atoms with van der Waals surface area (Å²) in [6.07, 6.45) is 1.40. The Hall–Kier alpha value is 0.300. The quantitative estimate of drug-likeness (QED) is 0.573. The molecule has 0 N–H and O–H groups in total. The van der Waals surface area contributed by atoms with Crippen molar-refractivity contribution in [2.24, 2.45) is 0 Å². The molecule has 0 saturated carbocycles. The van der Waals surface area contributed by atoms with Crippen LogP contribution in [0.25, 0.3) is 0 Å². The highest BCUT2D eigenvalue weighted by atomic mass is 31.2. The molecule has 0 amide bonds. The van der Waals surface area contributed by atoms with Crippen molar-refractivity contribution in [1.82, 2.24) is 0 Å². The summed E-state index contributed by atoms with van der Waals surface area (Å²) in [6.45, 7) is 4.34. The van der Waals surface area contributed by atoms with Crippen LogP contribution in [0.4, 0.5) is 0 Å². The van der Waals surface area contributed by atoms with E-state index in [4.69, 9.17) is 18.1 Å². The van der Waals surface area contributed by atoms with E-state index in [1.54, 1.807) is 0 Å². The topological polar surface area (TPSA) is 71.1 Å². The van der Waals surface area contributed by atoms with Crippen LogP contribution in [0.3, 0.4) is 0 Å². The van der Waals surface area contributed by atoms with Gasteiger partial charge in [-0.25, -0.2) is 0 Å². The van der Waals surface area contributed by atoms with Crippen LogP contribution in [0, 0.1) is 0 Å². The predicted octanol–water partition coefficient (Wildman–Crippen LogP) is 3.48. The first-order chi connectivity index (χ1) is 7.95. The Morgan fingerprint density at radius 3 is 1.53 bits per heavy atom. The SMILES string of the molecule is CCCOP(=O)(CP(=O)(OC)OC)OCCC. The fourth-order valence-electron chi connectivity index (χ4n) is 0.982. The lowest BCUT2D eigenvalue weighted by Gasteiger charge is -2.21. The molecule has 0 aliphatic heterocycles. The van der Waals surface area contributed by atoms with Gasteiger partial charge in [-0.2, -0.15) is 0 Å². The van der Waals surface area contributed by atoms with Gasteiger partial charge in [0.05, 0.1) is 13.2 Å². The smallest absolute Gasteiger partial charge is 0.311 e. The van der Waals surface area contributed by atoms with Gasteiger partial charge in [-0.15, -0.1) is 0 Å². The molecule has 0 bridgehead atoms. The van der Waals surface area contributed by atoms with Crippen molar-refractivity contribution in [3.63, 3.8) is 0 Å². The summed E-state index contributed by atoms with van der Waals surface area (Å²) in [5.41, 5.74) is 0. The second-order valence-corrected chi connectivity index (χ2v) is 8.22. The monoisotopic (exact) mass is 288 g/mol. The van der Waals surface area contributed by atoms with E-state index in [1.807, 2.05) is 13.8 Å². The van der Waals surface area contributed by atoms with Gasteiger partial charge in [-0.3, -0.25) is 9.13 Å². The van der Waals surface area contributed by atoms with E-state index < -0.39 is 15.2 Å². The Bertz CT molecular complexity index is 273. The van der Waals surface area contributed by atoms with Crippen LogP contribution < -0.4 is 0 Å². The second kappa shape index (κ2) is 8.41. The molecule has 0 aromatic carbocycles. The lowest BCUT2D eigenvalue weighted by atomic mass is 10.5. The molecule has 0 aromatic heterocycles. The molecule has 0 fully saturated rings. The van der Waals surface area contributed by atoms with Crippen LogP contribution in [0.2, 0.25) is 0 Å². The predicted molar refractivity (Wildman–Crippen MR) is 66.6 cm³/mol. The molecule has 0 saturated heterocycles. The van der Waals surface area contributed by atoms with Gasteiger partial charge in [0.2, 0.25) is 0 Å². The molecule has 0 unspecified atom stereocenters. The Morgan fingerprint density at radius 1 is 0.824 bits per heavy atom. The van der Waals surface area contributed by atoms with Crippen molar-refractivity contribution in [2.75, 3.05) is 33.3 Å². The molecule has 0 radical (unpaired) electrons. The van der Waals surface area contributed by atoms with Gasteiger partial charge in [-0.05, 0) is 12.8 Å². The van der Waals surface area contributed by atoms with Gasteiger partial charge >= 0.3 is 15.2 Å². The highest BCUT2D eigenvalue weighted by molar-refractivity contribution is 7.71. The van der Waals surface area contributed by atoms with Crippen LogP contribution in [-0.4, -0.2) is 33.3 Å². The standard InChI is InChI=1S/C9H22O6P2/c1-5-7-14-17(11,15-8-6-2)9-16(10,12-3)13-4/h5-9H2,1-4H3. The fraction of sp³-hybridized carbons (Fsp3) is 1.00. The van der Waals surface area contributed by atoms with E-state index in [0.717, 1.165) is 0 Å². The average Bonchev–Trinajstić information content (AvgIpc) is 2.34. The molecule has 0 aliphatic carbocycles. The van der Waals surface area contributed by atoms with Crippen molar-refractivity contribution in [3.8, 4) is 0 Å². The average molecular weight is 288 g/mol. The maximum atomic E-state index is 12.3. The summed E-state index contributed by atoms with van der Waals surface area (Å²) in [7, 11) is -4.33. The van der Waals surface area contributed by atoms with Gasteiger partial charge in [0, 0.05) is 14.2 Å². The summed E-state index contributed by atoms with van der Waals surface area (Å²) in [5, 5.41) is 0. The highest BCUT2D eigenvalue weighted by Gasteiger charge is 2.37. The third-order valence-electron chi connectivity index (χ3n) is 1.89. The molecular formula is C9H22O6P2. The van der Waals surface area contributed by atoms with Crippen LogP contribution >= 0.6 is 15.2 Å². The summed E-state index contributed by atoms with van der Waals surface area (Å²) >= 11 is 0. The molecule has 6 nitrogen and oxygen atoms in total. The molecular weight excluding hydrogens is 266 g/mol. The van der Waals surface area contributed by atoms with E-state index in [9.17, 15) is 9.13 Å². The normalized spacial score (nSPS) is 12.9. The highest BCUT2D eigenvalue weighted by Crippen LogP contribution is 2.63. The molecule has 0 aliphatic rings. The molecule has 0 rings (SSSR count). The molecule has 17 heavy (non-hydrogen) atoms. The van der Waals surface area contributed by atoms with Crippen LogP contribution in [0.5, 0.6) is 0 Å². The van der Waals surface area contributed by atoms with E-state index in [0.29, 0.717) is 12.8 Å². The minimum absolute atomic E-state index is 0.286. The van der Waals surface area contributed by atoms with Crippen molar-refractivity contribution in [1.29, 1.82) is 0 Å². The molecule has 8 heteroatoms. The zero-order valence-electron chi connectivity index (χ0n) is 10.9. The summed E-state index contributed by atoms with van der Waals surface area (Å²) in [6, 6.07) is 0. The third kappa shape index (κ3) is 6.70. The zero-order valence-corrected chi connectivity index (χ0v) is 12.7. The minimum Gasteiger partial charge on any atom is -0.311 e. The first-order valence-electron chi connectivity index (χ1n) is 5.54. The van der Waals surface area contributed by atoms with Crippen LogP contribution in [0.1, 0.15) is 26.7 Å². The van der Waals surface area contributed by atoms with Gasteiger partial charge in [0.15, 0.2) is 5.90 Å². The first-order valence-corrected chi connectivity index (χ1v) is 8.99. The van der Waals surface area contributed by atoms with E-state index >= 15 is 0 Å². The summed E-state index contributed by atoms with van der Waals surface area (Å²) in [5.74, 6) is -0.354. The Balaban J connectivity index is 4.67. The number of hydrogen-bond acceptors (Lipinski definition) is 6. The summed E-state index contributed by atoms with van der Waals surface area (Å²) in [4.78, 5) is 0. The van der Waals surface area contributed by atoms with Crippen molar-refractivity contribution < 1.29 is 27.2 Å². The van der Waals surface area contributed by atoms with Gasteiger partial charge in [0.25, 0.3) is 0 Å². The third-order valence-corrected chi connectivity index (χ3v) is 6.92.